The highest BCUT2D eigenvalue weighted by molar-refractivity contribution is 6.27. The number of halogens is 1. The Hall–Kier alpha value is -0.165. The lowest BCUT2D eigenvalue weighted by Gasteiger charge is -2.26. The zero-order valence-electron chi connectivity index (χ0n) is 13.7. The fraction of sp³-hybridized carbons (Fsp3) is 1.00. The highest BCUT2D eigenvalue weighted by atomic mass is 19.1. The monoisotopic (exact) mass is 290 g/mol. The van der Waals surface area contributed by atoms with Crippen molar-refractivity contribution in [2.45, 2.75) is 39.5 Å². The van der Waals surface area contributed by atoms with Crippen molar-refractivity contribution in [3.8, 4) is 0 Å². The summed E-state index contributed by atoms with van der Waals surface area (Å²) >= 11 is 0. The lowest BCUT2D eigenvalue weighted by molar-refractivity contribution is -0.895. The van der Waals surface area contributed by atoms with E-state index < -0.39 is 7.40 Å². The van der Waals surface area contributed by atoms with E-state index in [1.54, 1.807) is 0 Å². The van der Waals surface area contributed by atoms with Crippen molar-refractivity contribution in [2.24, 2.45) is 0 Å². The van der Waals surface area contributed by atoms with Crippen molar-refractivity contribution < 1.29 is 23.3 Å². The van der Waals surface area contributed by atoms with Gasteiger partial charge in [-0.15, -0.1) is 0 Å². The zero-order valence-corrected chi connectivity index (χ0v) is 13.7. The molecule has 0 saturated carbocycles. The fourth-order valence-electron chi connectivity index (χ4n) is 2.83. The Morgan fingerprint density at radius 3 is 1.10 bits per heavy atom. The van der Waals surface area contributed by atoms with Crippen LogP contribution in [0.4, 0.5) is 4.32 Å². The minimum absolute atomic E-state index is 1.32. The molecule has 0 amide bonds. The molecule has 0 spiro atoms. The van der Waals surface area contributed by atoms with Gasteiger partial charge in [0, 0.05) is 25.7 Å². The van der Waals surface area contributed by atoms with Crippen molar-refractivity contribution in [3.05, 3.63) is 0 Å². The van der Waals surface area contributed by atoms with E-state index in [0.29, 0.717) is 0 Å². The van der Waals surface area contributed by atoms with Gasteiger partial charge in [0.15, 0.2) is 0 Å². The van der Waals surface area contributed by atoms with E-state index >= 15 is 0 Å². The van der Waals surface area contributed by atoms with Crippen LogP contribution >= 0.6 is 0 Å². The topological polar surface area (TPSA) is 46.1 Å². The molecule has 120 valence electrons. The molecule has 0 unspecified atom stereocenters. The molecular weight excluding hydrogens is 258 g/mol. The largest absolute Gasteiger partial charge is 0.867 e. The Kier molecular flexibility index (Phi) is 9.63. The predicted molar refractivity (Wildman–Crippen MR) is 78.2 cm³/mol. The minimum Gasteiger partial charge on any atom is -0.867 e. The van der Waals surface area contributed by atoms with Gasteiger partial charge >= 0.3 is 0 Å². The molecule has 0 radical (unpaired) electrons. The molecule has 2 heterocycles. The molecule has 2 aliphatic rings. The maximum atomic E-state index is 9.89. The second-order valence-electron chi connectivity index (χ2n) is 6.45. The number of quaternary nitrogens is 2. The molecule has 2 rings (SSSR count). The highest BCUT2D eigenvalue weighted by Crippen LogP contribution is 2.15. The van der Waals surface area contributed by atoms with E-state index in [9.17, 15) is 4.32 Å². The molecule has 0 aromatic heterocycles. The van der Waals surface area contributed by atoms with E-state index in [4.69, 9.17) is 10.0 Å². The van der Waals surface area contributed by atoms with E-state index in [0.717, 1.165) is 0 Å². The third kappa shape index (κ3) is 8.90. The maximum Gasteiger partial charge on any atom is 0.121 e. The molecule has 0 N–H and O–H groups in total. The van der Waals surface area contributed by atoms with Gasteiger partial charge in [-0.3, -0.25) is 0 Å². The van der Waals surface area contributed by atoms with Gasteiger partial charge in [-0.1, -0.05) is 0 Å². The van der Waals surface area contributed by atoms with Crippen LogP contribution in [0.25, 0.3) is 0 Å². The first-order valence-electron chi connectivity index (χ1n) is 7.90. The maximum absolute atomic E-state index is 9.89. The van der Waals surface area contributed by atoms with Gasteiger partial charge in [-0.05, 0) is 13.8 Å². The molecule has 0 aliphatic carbocycles. The number of nitrogens with zero attached hydrogens (tertiary/aromatic N) is 2. The van der Waals surface area contributed by atoms with Crippen LogP contribution in [0.1, 0.15) is 39.5 Å². The molecule has 2 aliphatic heterocycles. The lowest BCUT2D eigenvalue weighted by Crippen LogP contribution is -2.40. The smallest absolute Gasteiger partial charge is 0.121 e. The van der Waals surface area contributed by atoms with Crippen molar-refractivity contribution >= 4 is 7.40 Å². The van der Waals surface area contributed by atoms with Gasteiger partial charge < -0.3 is 23.3 Å². The van der Waals surface area contributed by atoms with Crippen LogP contribution in [0, 0.1) is 0 Å². The summed E-state index contributed by atoms with van der Waals surface area (Å²) in [5.74, 6) is 0. The Morgan fingerprint density at radius 2 is 1.00 bits per heavy atom. The van der Waals surface area contributed by atoms with Crippen LogP contribution in [-0.4, -0.2) is 69.7 Å². The molecule has 0 bridgehead atoms. The van der Waals surface area contributed by atoms with Crippen LogP contribution in [0.2, 0.25) is 0 Å². The Bertz CT molecular complexity index is 219. The van der Waals surface area contributed by atoms with Crippen LogP contribution in [0.15, 0.2) is 0 Å². The Labute approximate surface area is 124 Å². The van der Waals surface area contributed by atoms with Gasteiger partial charge in [-0.2, -0.15) is 0 Å². The van der Waals surface area contributed by atoms with Crippen molar-refractivity contribution in [1.29, 1.82) is 0 Å². The summed E-state index contributed by atoms with van der Waals surface area (Å²) in [6.07, 6.45) is 5.80. The number of rotatable bonds is 2. The summed E-state index contributed by atoms with van der Waals surface area (Å²) in [6, 6.07) is 0. The van der Waals surface area contributed by atoms with Gasteiger partial charge in [0.05, 0.1) is 53.4 Å². The average Bonchev–Trinajstić information content (AvgIpc) is 3.00. The Morgan fingerprint density at radius 1 is 0.800 bits per heavy atom. The molecule has 2 fully saturated rings. The summed E-state index contributed by atoms with van der Waals surface area (Å²) in [5, 5.41) is 16.6. The molecule has 20 heavy (non-hydrogen) atoms. The number of hydrogen-bond donors (Lipinski definition) is 0. The first-order chi connectivity index (χ1) is 9.27. The SMILES string of the molecule is CC[N+]1(C)CCCC1.CC[N+]1(C)CCCC1.[O-]B([O-])F. The summed E-state index contributed by atoms with van der Waals surface area (Å²) < 4.78 is 12.5. The average molecular weight is 290 g/mol. The molecule has 6 heteroatoms. The molecular formula is C14H32BFN2O2. The summed E-state index contributed by atoms with van der Waals surface area (Å²) in [5.41, 5.74) is 0. The van der Waals surface area contributed by atoms with Gasteiger partial charge in [0.2, 0.25) is 0 Å². The quantitative estimate of drug-likeness (QED) is 0.537. The van der Waals surface area contributed by atoms with E-state index in [-0.39, 0.29) is 0 Å². The summed E-state index contributed by atoms with van der Waals surface area (Å²) in [4.78, 5) is 0. The lowest BCUT2D eigenvalue weighted by atomic mass is 10.3. The van der Waals surface area contributed by atoms with Crippen LogP contribution < -0.4 is 10.0 Å². The third-order valence-corrected chi connectivity index (χ3v) is 4.82. The van der Waals surface area contributed by atoms with Crippen LogP contribution in [0.5, 0.6) is 0 Å². The molecule has 0 aromatic carbocycles. The Balaban J connectivity index is 0.000000289. The normalized spacial score (nSPS) is 22.4. The summed E-state index contributed by atoms with van der Waals surface area (Å²) in [7, 11) is 1.54. The molecule has 0 aromatic rings. The minimum atomic E-state index is -3.17. The van der Waals surface area contributed by atoms with Gasteiger partial charge in [0.25, 0.3) is 0 Å². The number of hydrogen-bond acceptors (Lipinski definition) is 2. The fourth-order valence-corrected chi connectivity index (χ4v) is 2.83. The van der Waals surface area contributed by atoms with Crippen LogP contribution in [0.3, 0.4) is 0 Å². The van der Waals surface area contributed by atoms with Crippen LogP contribution in [-0.2, 0) is 0 Å². The first kappa shape index (κ1) is 19.8. The van der Waals surface area contributed by atoms with Crippen molar-refractivity contribution in [2.75, 3.05) is 53.4 Å². The molecule has 4 nitrogen and oxygen atoms in total. The number of likely N-dealkylation sites (tertiary alicyclic amines) is 2. The third-order valence-electron chi connectivity index (χ3n) is 4.82. The van der Waals surface area contributed by atoms with E-state index in [2.05, 4.69) is 27.9 Å². The second-order valence-corrected chi connectivity index (χ2v) is 6.45. The second kappa shape index (κ2) is 9.71. The van der Waals surface area contributed by atoms with Gasteiger partial charge in [-0.25, -0.2) is 0 Å². The van der Waals surface area contributed by atoms with Gasteiger partial charge in [0.1, 0.15) is 7.40 Å². The highest BCUT2D eigenvalue weighted by Gasteiger charge is 2.24. The van der Waals surface area contributed by atoms with Crippen molar-refractivity contribution in [1.82, 2.24) is 0 Å². The zero-order chi connectivity index (χ0) is 15.6. The molecule has 2 saturated heterocycles. The van der Waals surface area contributed by atoms with E-state index in [1.165, 1.54) is 73.9 Å². The first-order valence-corrected chi connectivity index (χ1v) is 7.90. The molecule has 0 atom stereocenters. The predicted octanol–water partition coefficient (Wildman–Crippen LogP) is 0.155. The van der Waals surface area contributed by atoms with Crippen molar-refractivity contribution in [3.63, 3.8) is 0 Å². The standard InChI is InChI=1S/2C7H16N.BFO2/c2*1-3-8(2)6-4-5-7-8;2-1(3)4/h2*3-7H2,1-2H3;/q2*+1;-2. The van der Waals surface area contributed by atoms with E-state index in [1.807, 2.05) is 0 Å². The summed E-state index contributed by atoms with van der Waals surface area (Å²) in [6.45, 7) is 12.9.